The lowest BCUT2D eigenvalue weighted by Crippen LogP contribution is -2.38. The molecule has 1 unspecified atom stereocenters. The molecule has 1 rings (SSSR count). The molecule has 0 aliphatic carbocycles. The lowest BCUT2D eigenvalue weighted by Gasteiger charge is -2.15. The van der Waals surface area contributed by atoms with Gasteiger partial charge in [0.15, 0.2) is 5.96 Å². The molecule has 5 nitrogen and oxygen atoms in total. The lowest BCUT2D eigenvalue weighted by atomic mass is 10.0. The second-order valence-corrected chi connectivity index (χ2v) is 7.01. The first kappa shape index (κ1) is 23.2. The third-order valence-corrected chi connectivity index (χ3v) is 4.34. The second kappa shape index (κ2) is 11.7. The average Bonchev–Trinajstić information content (AvgIpc) is 2.68. The number of aromatic nitrogens is 2. The third-order valence-electron chi connectivity index (χ3n) is 4.34. The van der Waals surface area contributed by atoms with Gasteiger partial charge in [-0.15, -0.1) is 24.0 Å². The number of nitrogens with zero attached hydrogens (tertiary/aromatic N) is 3. The van der Waals surface area contributed by atoms with Gasteiger partial charge in [-0.25, -0.2) is 0 Å². The van der Waals surface area contributed by atoms with Gasteiger partial charge in [0.1, 0.15) is 0 Å². The van der Waals surface area contributed by atoms with E-state index >= 15 is 0 Å². The summed E-state index contributed by atoms with van der Waals surface area (Å²) < 4.78 is 1.95. The number of nitrogens with one attached hydrogen (secondary N) is 1. The Kier molecular flexibility index (Phi) is 11.3. The van der Waals surface area contributed by atoms with Crippen LogP contribution in [0.2, 0.25) is 0 Å². The van der Waals surface area contributed by atoms with Gasteiger partial charge in [0, 0.05) is 25.3 Å². The first-order valence-electron chi connectivity index (χ1n) is 8.86. The van der Waals surface area contributed by atoms with Crippen molar-refractivity contribution in [1.82, 2.24) is 15.1 Å². The molecule has 140 valence electrons. The number of aryl methyl sites for hydroxylation is 2. The van der Waals surface area contributed by atoms with Gasteiger partial charge in [0.2, 0.25) is 0 Å². The highest BCUT2D eigenvalue weighted by molar-refractivity contribution is 14.0. The molecular formula is C18H36IN5. The predicted octanol–water partition coefficient (Wildman–Crippen LogP) is 3.71. The van der Waals surface area contributed by atoms with E-state index in [1.54, 1.807) is 0 Å². The fraction of sp³-hybridized carbons (Fsp3) is 0.778. The molecule has 0 aliphatic heterocycles. The standard InChI is InChI=1S/C18H35N5.HI/c1-13(2)9-7-10-14(3)21-18(19)20-12-8-11-17-15(4)22-23(6)16(17)5;/h13-14H,7-12H2,1-6H3,(H3,19,20,21);1H. The average molecular weight is 449 g/mol. The Hall–Kier alpha value is -0.790. The predicted molar refractivity (Wildman–Crippen MR) is 114 cm³/mol. The molecular weight excluding hydrogens is 413 g/mol. The highest BCUT2D eigenvalue weighted by atomic mass is 127. The van der Waals surface area contributed by atoms with Crippen LogP contribution in [-0.2, 0) is 13.5 Å². The molecule has 0 aliphatic rings. The van der Waals surface area contributed by atoms with E-state index in [2.05, 4.69) is 50.0 Å². The van der Waals surface area contributed by atoms with Crippen molar-refractivity contribution in [3.05, 3.63) is 17.0 Å². The van der Waals surface area contributed by atoms with E-state index in [4.69, 9.17) is 5.73 Å². The molecule has 0 bridgehead atoms. The molecule has 0 saturated carbocycles. The highest BCUT2D eigenvalue weighted by Crippen LogP contribution is 2.14. The molecule has 0 radical (unpaired) electrons. The van der Waals surface area contributed by atoms with Gasteiger partial charge in [0.25, 0.3) is 0 Å². The Labute approximate surface area is 164 Å². The number of hydrogen-bond acceptors (Lipinski definition) is 2. The maximum absolute atomic E-state index is 5.97. The monoisotopic (exact) mass is 449 g/mol. The minimum Gasteiger partial charge on any atom is -0.370 e. The number of hydrogen-bond donors (Lipinski definition) is 2. The third kappa shape index (κ3) is 8.35. The van der Waals surface area contributed by atoms with E-state index in [0.717, 1.165) is 37.4 Å². The topological polar surface area (TPSA) is 68.2 Å². The van der Waals surface area contributed by atoms with Crippen molar-refractivity contribution in [3.8, 4) is 0 Å². The van der Waals surface area contributed by atoms with Crippen LogP contribution in [0.1, 0.15) is 63.4 Å². The number of halogens is 1. The molecule has 1 atom stereocenters. The van der Waals surface area contributed by atoms with E-state index in [1.165, 1.54) is 24.1 Å². The summed E-state index contributed by atoms with van der Waals surface area (Å²) in [4.78, 5) is 4.44. The van der Waals surface area contributed by atoms with Crippen LogP contribution in [0.5, 0.6) is 0 Å². The Morgan fingerprint density at radius 2 is 1.88 bits per heavy atom. The van der Waals surface area contributed by atoms with E-state index in [0.29, 0.717) is 12.0 Å². The van der Waals surface area contributed by atoms with Crippen molar-refractivity contribution in [1.29, 1.82) is 0 Å². The van der Waals surface area contributed by atoms with Crippen molar-refractivity contribution in [3.63, 3.8) is 0 Å². The summed E-state index contributed by atoms with van der Waals surface area (Å²) >= 11 is 0. The minimum atomic E-state index is 0. The zero-order valence-electron chi connectivity index (χ0n) is 16.2. The van der Waals surface area contributed by atoms with E-state index < -0.39 is 0 Å². The fourth-order valence-corrected chi connectivity index (χ4v) is 2.84. The summed E-state index contributed by atoms with van der Waals surface area (Å²) in [5.41, 5.74) is 9.69. The first-order valence-corrected chi connectivity index (χ1v) is 8.86. The van der Waals surface area contributed by atoms with Crippen LogP contribution in [0.25, 0.3) is 0 Å². The number of guanidine groups is 1. The van der Waals surface area contributed by atoms with Gasteiger partial charge >= 0.3 is 0 Å². The summed E-state index contributed by atoms with van der Waals surface area (Å²) in [6.07, 6.45) is 5.65. The molecule has 0 aromatic carbocycles. The Balaban J connectivity index is 0.00000529. The van der Waals surface area contributed by atoms with Crippen molar-refractivity contribution in [2.75, 3.05) is 6.54 Å². The van der Waals surface area contributed by atoms with Crippen LogP contribution in [0, 0.1) is 19.8 Å². The summed E-state index contributed by atoms with van der Waals surface area (Å²) in [6, 6.07) is 0.389. The maximum Gasteiger partial charge on any atom is 0.188 e. The number of rotatable bonds is 9. The first-order chi connectivity index (χ1) is 10.8. The minimum absolute atomic E-state index is 0. The zero-order chi connectivity index (χ0) is 17.4. The van der Waals surface area contributed by atoms with Crippen molar-refractivity contribution in [2.24, 2.45) is 23.7 Å². The molecule has 0 amide bonds. The van der Waals surface area contributed by atoms with Gasteiger partial charge in [-0.05, 0) is 51.5 Å². The molecule has 1 aromatic rings. The molecule has 3 N–H and O–H groups in total. The molecule has 24 heavy (non-hydrogen) atoms. The quantitative estimate of drug-likeness (QED) is 0.262. The Bertz CT molecular complexity index is 508. The SMILES string of the molecule is Cc1nn(C)c(C)c1CCCN=C(N)NC(C)CCCC(C)C.I. The van der Waals surface area contributed by atoms with Crippen molar-refractivity contribution in [2.45, 2.75) is 72.8 Å². The Morgan fingerprint density at radius 1 is 1.21 bits per heavy atom. The zero-order valence-corrected chi connectivity index (χ0v) is 18.6. The molecule has 0 spiro atoms. The largest absolute Gasteiger partial charge is 0.370 e. The van der Waals surface area contributed by atoms with Gasteiger partial charge in [-0.2, -0.15) is 5.10 Å². The van der Waals surface area contributed by atoms with E-state index in [9.17, 15) is 0 Å². The van der Waals surface area contributed by atoms with Gasteiger partial charge < -0.3 is 11.1 Å². The summed E-state index contributed by atoms with van der Waals surface area (Å²) in [5.74, 6) is 1.34. The molecule has 1 aromatic heterocycles. The fourth-order valence-electron chi connectivity index (χ4n) is 2.84. The maximum atomic E-state index is 5.97. The molecule has 6 heteroatoms. The van der Waals surface area contributed by atoms with Crippen LogP contribution in [0.3, 0.4) is 0 Å². The van der Waals surface area contributed by atoms with Crippen LogP contribution in [0.15, 0.2) is 4.99 Å². The number of nitrogens with two attached hydrogens (primary N) is 1. The Morgan fingerprint density at radius 3 is 2.42 bits per heavy atom. The van der Waals surface area contributed by atoms with Crippen LogP contribution < -0.4 is 11.1 Å². The van der Waals surface area contributed by atoms with E-state index in [-0.39, 0.29) is 24.0 Å². The summed E-state index contributed by atoms with van der Waals surface area (Å²) in [5, 5.41) is 7.74. The summed E-state index contributed by atoms with van der Waals surface area (Å²) in [6.45, 7) is 11.6. The van der Waals surface area contributed by atoms with Crippen molar-refractivity contribution >= 4 is 29.9 Å². The van der Waals surface area contributed by atoms with Crippen LogP contribution in [0.4, 0.5) is 0 Å². The van der Waals surface area contributed by atoms with Gasteiger partial charge in [0.05, 0.1) is 5.69 Å². The summed E-state index contributed by atoms with van der Waals surface area (Å²) in [7, 11) is 1.99. The van der Waals surface area contributed by atoms with Gasteiger partial charge in [-0.3, -0.25) is 9.67 Å². The smallest absolute Gasteiger partial charge is 0.188 e. The van der Waals surface area contributed by atoms with Crippen molar-refractivity contribution < 1.29 is 0 Å². The molecule has 0 saturated heterocycles. The molecule has 0 fully saturated rings. The van der Waals surface area contributed by atoms with Crippen LogP contribution >= 0.6 is 24.0 Å². The van der Waals surface area contributed by atoms with Gasteiger partial charge in [-0.1, -0.05) is 26.7 Å². The highest BCUT2D eigenvalue weighted by Gasteiger charge is 2.08. The van der Waals surface area contributed by atoms with E-state index in [1.807, 2.05) is 11.7 Å². The second-order valence-electron chi connectivity index (χ2n) is 7.01. The lowest BCUT2D eigenvalue weighted by molar-refractivity contribution is 0.493. The van der Waals surface area contributed by atoms with Crippen LogP contribution in [-0.4, -0.2) is 28.3 Å². The molecule has 1 heterocycles. The normalized spacial score (nSPS) is 13.0. The number of aliphatic imine (C=N–C) groups is 1.